The molecule has 0 saturated carbocycles. The number of rotatable bonds is 7. The van der Waals surface area contributed by atoms with Crippen LogP contribution < -0.4 is 15.1 Å². The fourth-order valence-electron chi connectivity index (χ4n) is 3.50. The van der Waals surface area contributed by atoms with E-state index in [9.17, 15) is 4.79 Å². The second-order valence-electron chi connectivity index (χ2n) is 7.24. The van der Waals surface area contributed by atoms with Crippen molar-refractivity contribution >= 4 is 28.9 Å². The van der Waals surface area contributed by atoms with E-state index in [4.69, 9.17) is 11.6 Å². The SMILES string of the molecule is CCCCc1ccc(NC(=O)C[NH+]2CCN(c3cccc(Cl)c3)CC2)cc1. The normalized spacial score (nSPS) is 15.0. The van der Waals surface area contributed by atoms with Crippen LogP contribution in [0.15, 0.2) is 48.5 Å². The molecule has 2 aromatic rings. The van der Waals surface area contributed by atoms with E-state index in [2.05, 4.69) is 35.3 Å². The van der Waals surface area contributed by atoms with E-state index >= 15 is 0 Å². The average molecular weight is 387 g/mol. The molecule has 1 heterocycles. The van der Waals surface area contributed by atoms with Crippen LogP contribution in [0.4, 0.5) is 11.4 Å². The highest BCUT2D eigenvalue weighted by atomic mass is 35.5. The van der Waals surface area contributed by atoms with E-state index in [1.54, 1.807) is 0 Å². The molecule has 1 saturated heterocycles. The lowest BCUT2D eigenvalue weighted by Gasteiger charge is -2.33. The number of unbranched alkanes of at least 4 members (excludes halogenated alkanes) is 1. The Hall–Kier alpha value is -2.04. The first-order chi connectivity index (χ1) is 13.1. The number of hydrogen-bond donors (Lipinski definition) is 2. The monoisotopic (exact) mass is 386 g/mol. The molecule has 1 aliphatic rings. The van der Waals surface area contributed by atoms with Crippen LogP contribution in [-0.4, -0.2) is 38.6 Å². The molecule has 1 amide bonds. The van der Waals surface area contributed by atoms with Crippen molar-refractivity contribution in [3.05, 3.63) is 59.1 Å². The third-order valence-electron chi connectivity index (χ3n) is 5.11. The highest BCUT2D eigenvalue weighted by Gasteiger charge is 2.22. The number of hydrogen-bond acceptors (Lipinski definition) is 2. The van der Waals surface area contributed by atoms with Crippen molar-refractivity contribution in [1.82, 2.24) is 0 Å². The van der Waals surface area contributed by atoms with E-state index in [-0.39, 0.29) is 5.91 Å². The minimum atomic E-state index is 0.0857. The Balaban J connectivity index is 1.44. The zero-order valence-corrected chi connectivity index (χ0v) is 16.8. The minimum absolute atomic E-state index is 0.0857. The fraction of sp³-hybridized carbons (Fsp3) is 0.409. The van der Waals surface area contributed by atoms with Gasteiger partial charge in [-0.2, -0.15) is 0 Å². The lowest BCUT2D eigenvalue weighted by molar-refractivity contribution is -0.892. The average Bonchev–Trinajstić information content (AvgIpc) is 2.68. The third-order valence-corrected chi connectivity index (χ3v) is 5.35. The number of benzene rings is 2. The molecule has 2 N–H and O–H groups in total. The summed E-state index contributed by atoms with van der Waals surface area (Å²) < 4.78 is 0. The van der Waals surface area contributed by atoms with Crippen LogP contribution in [0.5, 0.6) is 0 Å². The van der Waals surface area contributed by atoms with Crippen LogP contribution in [0.1, 0.15) is 25.3 Å². The maximum absolute atomic E-state index is 12.4. The van der Waals surface area contributed by atoms with Crippen molar-refractivity contribution in [2.75, 3.05) is 42.9 Å². The summed E-state index contributed by atoms with van der Waals surface area (Å²) in [5, 5.41) is 3.80. The second-order valence-corrected chi connectivity index (χ2v) is 7.68. The molecule has 0 aromatic heterocycles. The predicted molar refractivity (Wildman–Crippen MR) is 113 cm³/mol. The van der Waals surface area contributed by atoms with Gasteiger partial charge in [0.15, 0.2) is 6.54 Å². The minimum Gasteiger partial charge on any atom is -0.360 e. The van der Waals surface area contributed by atoms with Crippen molar-refractivity contribution in [1.29, 1.82) is 0 Å². The van der Waals surface area contributed by atoms with Gasteiger partial charge in [0, 0.05) is 16.4 Å². The van der Waals surface area contributed by atoms with Gasteiger partial charge in [0.2, 0.25) is 0 Å². The first kappa shape index (κ1) is 19.7. The van der Waals surface area contributed by atoms with Crippen LogP contribution in [0, 0.1) is 0 Å². The maximum atomic E-state index is 12.4. The van der Waals surface area contributed by atoms with Gasteiger partial charge in [0.05, 0.1) is 26.2 Å². The highest BCUT2D eigenvalue weighted by Crippen LogP contribution is 2.19. The molecule has 0 radical (unpaired) electrons. The molecule has 0 spiro atoms. The number of nitrogens with one attached hydrogen (secondary N) is 2. The van der Waals surface area contributed by atoms with Crippen molar-refractivity contribution in [2.24, 2.45) is 0 Å². The quantitative estimate of drug-likeness (QED) is 0.767. The van der Waals surface area contributed by atoms with E-state index in [1.165, 1.54) is 23.3 Å². The van der Waals surface area contributed by atoms with Gasteiger partial charge < -0.3 is 15.1 Å². The van der Waals surface area contributed by atoms with Gasteiger partial charge in [-0.05, 0) is 48.7 Å². The Bertz CT molecular complexity index is 739. The van der Waals surface area contributed by atoms with Crippen molar-refractivity contribution in [3.8, 4) is 0 Å². The molecule has 5 heteroatoms. The summed E-state index contributed by atoms with van der Waals surface area (Å²) in [5.41, 5.74) is 3.38. The van der Waals surface area contributed by atoms with Crippen LogP contribution in [0.3, 0.4) is 0 Å². The first-order valence-electron chi connectivity index (χ1n) is 9.87. The first-order valence-corrected chi connectivity index (χ1v) is 10.2. The predicted octanol–water partition coefficient (Wildman–Crippen LogP) is 3.03. The standard InChI is InChI=1S/C22H28ClN3O/c1-2-3-5-18-8-10-20(11-9-18)24-22(27)17-25-12-14-26(15-13-25)21-7-4-6-19(23)16-21/h4,6-11,16H,2-3,5,12-15,17H2,1H3,(H,24,27)/p+1. The van der Waals surface area contributed by atoms with E-state index in [0.29, 0.717) is 6.54 Å². The lowest BCUT2D eigenvalue weighted by atomic mass is 10.1. The van der Waals surface area contributed by atoms with Gasteiger partial charge in [-0.1, -0.05) is 43.1 Å². The number of carbonyl (C=O) groups is 1. The van der Waals surface area contributed by atoms with Gasteiger partial charge in [-0.15, -0.1) is 0 Å². The molecule has 27 heavy (non-hydrogen) atoms. The third kappa shape index (κ3) is 5.98. The van der Waals surface area contributed by atoms with E-state index in [1.807, 2.05) is 30.3 Å². The number of quaternary nitrogens is 1. The van der Waals surface area contributed by atoms with E-state index < -0.39 is 0 Å². The lowest BCUT2D eigenvalue weighted by Crippen LogP contribution is -3.15. The molecule has 0 atom stereocenters. The fourth-order valence-corrected chi connectivity index (χ4v) is 3.68. The largest absolute Gasteiger partial charge is 0.360 e. The molecule has 3 rings (SSSR count). The summed E-state index contributed by atoms with van der Waals surface area (Å²) in [6.07, 6.45) is 3.51. The second kappa shape index (κ2) is 9.77. The maximum Gasteiger partial charge on any atom is 0.279 e. The van der Waals surface area contributed by atoms with Crippen molar-refractivity contribution < 1.29 is 9.69 Å². The Morgan fingerprint density at radius 3 is 2.56 bits per heavy atom. The summed E-state index contributed by atoms with van der Waals surface area (Å²) in [5.74, 6) is 0.0857. The van der Waals surface area contributed by atoms with Gasteiger partial charge in [0.1, 0.15) is 0 Å². The smallest absolute Gasteiger partial charge is 0.279 e. The molecule has 4 nitrogen and oxygen atoms in total. The number of aryl methyl sites for hydroxylation is 1. The summed E-state index contributed by atoms with van der Waals surface area (Å²) in [7, 11) is 0. The van der Waals surface area contributed by atoms with Gasteiger partial charge in [-0.25, -0.2) is 0 Å². The molecular weight excluding hydrogens is 358 g/mol. The van der Waals surface area contributed by atoms with Crippen LogP contribution in [0.2, 0.25) is 5.02 Å². The molecule has 1 aliphatic heterocycles. The summed E-state index contributed by atoms with van der Waals surface area (Å²) >= 11 is 6.09. The number of piperazine rings is 1. The number of amides is 1. The molecule has 0 aliphatic carbocycles. The Kier molecular flexibility index (Phi) is 7.13. The molecule has 144 valence electrons. The highest BCUT2D eigenvalue weighted by molar-refractivity contribution is 6.30. The number of carbonyl (C=O) groups excluding carboxylic acids is 1. The summed E-state index contributed by atoms with van der Waals surface area (Å²) in [4.78, 5) is 16.0. The van der Waals surface area contributed by atoms with Crippen molar-refractivity contribution in [2.45, 2.75) is 26.2 Å². The molecule has 0 bridgehead atoms. The van der Waals surface area contributed by atoms with Gasteiger partial charge in [0.25, 0.3) is 5.91 Å². The molecule has 1 fully saturated rings. The van der Waals surface area contributed by atoms with Gasteiger partial charge in [-0.3, -0.25) is 4.79 Å². The van der Waals surface area contributed by atoms with Crippen LogP contribution >= 0.6 is 11.6 Å². The Labute approximate surface area is 167 Å². The molecular formula is C22H29ClN3O+. The topological polar surface area (TPSA) is 36.8 Å². The van der Waals surface area contributed by atoms with Crippen molar-refractivity contribution in [3.63, 3.8) is 0 Å². The summed E-state index contributed by atoms with van der Waals surface area (Å²) in [6, 6.07) is 16.2. The van der Waals surface area contributed by atoms with E-state index in [0.717, 1.165) is 49.0 Å². The Morgan fingerprint density at radius 2 is 1.89 bits per heavy atom. The number of nitrogens with zero attached hydrogens (tertiary/aromatic N) is 1. The zero-order valence-electron chi connectivity index (χ0n) is 16.0. The molecule has 2 aromatic carbocycles. The summed E-state index contributed by atoms with van der Waals surface area (Å²) in [6.45, 7) is 6.50. The molecule has 0 unspecified atom stereocenters. The number of halogens is 1. The van der Waals surface area contributed by atoms with Crippen LogP contribution in [-0.2, 0) is 11.2 Å². The van der Waals surface area contributed by atoms with Gasteiger partial charge >= 0.3 is 0 Å². The van der Waals surface area contributed by atoms with Crippen LogP contribution in [0.25, 0.3) is 0 Å². The Morgan fingerprint density at radius 1 is 1.15 bits per heavy atom. The number of anilines is 2. The zero-order chi connectivity index (χ0) is 19.1.